The van der Waals surface area contributed by atoms with Crippen molar-refractivity contribution < 1.29 is 14.4 Å². The van der Waals surface area contributed by atoms with Crippen LogP contribution in [0, 0.1) is 6.92 Å². The van der Waals surface area contributed by atoms with Crippen molar-refractivity contribution in [1.82, 2.24) is 15.1 Å². The monoisotopic (exact) mass is 421 g/mol. The molecule has 1 amide bonds. The highest BCUT2D eigenvalue weighted by Crippen LogP contribution is 2.24. The van der Waals surface area contributed by atoms with E-state index in [1.165, 1.54) is 9.58 Å². The first-order chi connectivity index (χ1) is 15.1. The Labute approximate surface area is 181 Å². The van der Waals surface area contributed by atoms with Gasteiger partial charge in [-0.2, -0.15) is 5.10 Å². The largest absolute Gasteiger partial charge is 0.370 e. The van der Waals surface area contributed by atoms with Gasteiger partial charge in [0.25, 0.3) is 5.56 Å². The number of carbonyl (C=O) groups excluding carboxylic acids is 1. The van der Waals surface area contributed by atoms with Crippen LogP contribution in [0.15, 0.2) is 53.3 Å². The number of aryl methyl sites for hydroxylation is 2. The number of amides is 1. The molecule has 0 spiro atoms. The molecule has 0 aliphatic carbocycles. The maximum absolute atomic E-state index is 13.0. The number of fused-ring (bicyclic) bond motifs is 1. The number of quaternary nitrogens is 1. The van der Waals surface area contributed by atoms with E-state index < -0.39 is 0 Å². The third-order valence-corrected chi connectivity index (χ3v) is 5.74. The van der Waals surface area contributed by atoms with E-state index in [9.17, 15) is 9.59 Å². The number of nitrogens with zero attached hydrogens (tertiary/aromatic N) is 2. The van der Waals surface area contributed by atoms with Crippen molar-refractivity contribution in [3.63, 3.8) is 0 Å². The second-order valence-corrected chi connectivity index (χ2v) is 8.00. The molecule has 2 heterocycles. The van der Waals surface area contributed by atoms with Gasteiger partial charge in [-0.15, -0.1) is 0 Å². The number of ether oxygens (including phenoxy) is 1. The van der Waals surface area contributed by atoms with Gasteiger partial charge in [0, 0.05) is 17.4 Å². The molecule has 1 saturated heterocycles. The fourth-order valence-corrected chi connectivity index (χ4v) is 3.90. The maximum Gasteiger partial charge on any atom is 0.274 e. The van der Waals surface area contributed by atoms with Crippen LogP contribution >= 0.6 is 0 Å². The molecule has 31 heavy (non-hydrogen) atoms. The molecule has 0 atom stereocenters. The van der Waals surface area contributed by atoms with E-state index in [4.69, 9.17) is 4.74 Å². The lowest BCUT2D eigenvalue weighted by molar-refractivity contribution is -0.906. The van der Waals surface area contributed by atoms with Gasteiger partial charge < -0.3 is 15.0 Å². The van der Waals surface area contributed by atoms with E-state index in [0.717, 1.165) is 55.1 Å². The van der Waals surface area contributed by atoms with Crippen molar-refractivity contribution in [3.05, 3.63) is 64.4 Å². The molecule has 2 aromatic carbocycles. The average Bonchev–Trinajstić information content (AvgIpc) is 2.80. The lowest BCUT2D eigenvalue weighted by atomic mass is 10.0. The molecule has 4 rings (SSSR count). The van der Waals surface area contributed by atoms with Gasteiger partial charge in [-0.25, -0.2) is 4.68 Å². The highest BCUT2D eigenvalue weighted by atomic mass is 16.5. The predicted octanol–water partition coefficient (Wildman–Crippen LogP) is 0.793. The first-order valence-electron chi connectivity index (χ1n) is 10.9. The van der Waals surface area contributed by atoms with Gasteiger partial charge >= 0.3 is 0 Å². The van der Waals surface area contributed by atoms with Crippen LogP contribution in [-0.4, -0.2) is 55.1 Å². The lowest BCUT2D eigenvalue weighted by Gasteiger charge is -2.23. The lowest BCUT2D eigenvalue weighted by Crippen LogP contribution is -3.14. The Morgan fingerprint density at radius 1 is 1.10 bits per heavy atom. The number of carbonyl (C=O) groups is 1. The molecule has 162 valence electrons. The first kappa shape index (κ1) is 21.2. The second-order valence-electron chi connectivity index (χ2n) is 8.00. The van der Waals surface area contributed by atoms with Crippen LogP contribution in [-0.2, 0) is 16.1 Å². The Morgan fingerprint density at radius 2 is 1.81 bits per heavy atom. The Bertz CT molecular complexity index is 1100. The molecular formula is C24H29N4O3+. The number of benzene rings is 2. The number of hydrogen-bond acceptors (Lipinski definition) is 4. The van der Waals surface area contributed by atoms with Gasteiger partial charge in [-0.1, -0.05) is 48.0 Å². The van der Waals surface area contributed by atoms with Crippen LogP contribution in [0.4, 0.5) is 0 Å². The van der Waals surface area contributed by atoms with Crippen LogP contribution < -0.4 is 15.8 Å². The Morgan fingerprint density at radius 3 is 2.55 bits per heavy atom. The number of nitrogens with one attached hydrogen (secondary N) is 2. The molecule has 0 unspecified atom stereocenters. The van der Waals surface area contributed by atoms with Gasteiger partial charge in [0.2, 0.25) is 5.91 Å². The number of rotatable bonds is 7. The molecule has 0 bridgehead atoms. The summed E-state index contributed by atoms with van der Waals surface area (Å²) in [5.74, 6) is -0.0635. The second kappa shape index (κ2) is 9.85. The third-order valence-electron chi connectivity index (χ3n) is 5.74. The highest BCUT2D eigenvalue weighted by molar-refractivity contribution is 5.93. The quantitative estimate of drug-likeness (QED) is 0.592. The first-order valence-corrected chi connectivity index (χ1v) is 10.9. The van der Waals surface area contributed by atoms with E-state index in [1.54, 1.807) is 0 Å². The van der Waals surface area contributed by atoms with Crippen LogP contribution in [0.5, 0.6) is 0 Å². The summed E-state index contributed by atoms with van der Waals surface area (Å²) in [7, 11) is 0. The predicted molar refractivity (Wildman–Crippen MR) is 120 cm³/mol. The summed E-state index contributed by atoms with van der Waals surface area (Å²) in [6.45, 7) is 7.33. The van der Waals surface area contributed by atoms with Crippen molar-refractivity contribution in [2.75, 3.05) is 39.4 Å². The summed E-state index contributed by atoms with van der Waals surface area (Å²) < 4.78 is 6.78. The Kier molecular flexibility index (Phi) is 6.74. The molecule has 0 radical (unpaired) electrons. The fourth-order valence-electron chi connectivity index (χ4n) is 3.90. The topological polar surface area (TPSA) is 77.7 Å². The zero-order chi connectivity index (χ0) is 21.6. The van der Waals surface area contributed by atoms with Gasteiger partial charge in [-0.05, 0) is 13.0 Å². The summed E-state index contributed by atoms with van der Waals surface area (Å²) in [6, 6.07) is 15.6. The normalized spacial score (nSPS) is 14.6. The minimum absolute atomic E-state index is 0.0635. The average molecular weight is 422 g/mol. The molecule has 7 nitrogen and oxygen atoms in total. The molecule has 0 saturated carbocycles. The maximum atomic E-state index is 13.0. The van der Waals surface area contributed by atoms with Crippen molar-refractivity contribution in [1.29, 1.82) is 0 Å². The van der Waals surface area contributed by atoms with E-state index in [1.807, 2.05) is 55.5 Å². The SMILES string of the molecule is Cc1ccc(-c2nn(CCC(=O)NCC[NH+]3CCOCC3)c(=O)c3ccccc23)cc1. The molecule has 3 aromatic rings. The molecule has 7 heteroatoms. The fraction of sp³-hybridized carbons (Fsp3) is 0.375. The number of morpholine rings is 1. The van der Waals surface area contributed by atoms with Crippen LogP contribution in [0.2, 0.25) is 0 Å². The smallest absolute Gasteiger partial charge is 0.274 e. The van der Waals surface area contributed by atoms with Crippen molar-refractivity contribution in [2.45, 2.75) is 19.9 Å². The zero-order valence-electron chi connectivity index (χ0n) is 17.9. The van der Waals surface area contributed by atoms with Gasteiger partial charge in [0.15, 0.2) is 0 Å². The third kappa shape index (κ3) is 5.18. The summed E-state index contributed by atoms with van der Waals surface area (Å²) in [5.41, 5.74) is 2.70. The van der Waals surface area contributed by atoms with Crippen LogP contribution in [0.3, 0.4) is 0 Å². The molecule has 1 fully saturated rings. The summed E-state index contributed by atoms with van der Waals surface area (Å²) in [5, 5.41) is 9.04. The van der Waals surface area contributed by atoms with E-state index in [2.05, 4.69) is 10.4 Å². The number of hydrogen-bond donors (Lipinski definition) is 2. The molecular weight excluding hydrogens is 392 g/mol. The van der Waals surface area contributed by atoms with Crippen molar-refractivity contribution >= 4 is 16.7 Å². The van der Waals surface area contributed by atoms with Crippen LogP contribution in [0.25, 0.3) is 22.0 Å². The minimum Gasteiger partial charge on any atom is -0.370 e. The van der Waals surface area contributed by atoms with Crippen molar-refractivity contribution in [3.8, 4) is 11.3 Å². The molecule has 2 N–H and O–H groups in total. The standard InChI is InChI=1S/C24H28N4O3/c1-18-6-8-19(9-7-18)23-20-4-2-3-5-21(20)24(30)28(26-23)12-10-22(29)25-11-13-27-14-16-31-17-15-27/h2-9H,10-17H2,1H3,(H,25,29)/p+1. The Balaban J connectivity index is 1.47. The minimum atomic E-state index is -0.169. The molecule has 1 aliphatic rings. The Hall–Kier alpha value is -3.03. The van der Waals surface area contributed by atoms with Crippen molar-refractivity contribution in [2.24, 2.45) is 0 Å². The van der Waals surface area contributed by atoms with E-state index in [-0.39, 0.29) is 24.4 Å². The summed E-state index contributed by atoms with van der Waals surface area (Å²) >= 11 is 0. The van der Waals surface area contributed by atoms with E-state index in [0.29, 0.717) is 11.9 Å². The van der Waals surface area contributed by atoms with Crippen LogP contribution in [0.1, 0.15) is 12.0 Å². The van der Waals surface area contributed by atoms with Gasteiger partial charge in [0.05, 0.1) is 43.9 Å². The summed E-state index contributed by atoms with van der Waals surface area (Å²) in [6.07, 6.45) is 0.219. The molecule has 1 aromatic heterocycles. The number of aromatic nitrogens is 2. The van der Waals surface area contributed by atoms with Gasteiger partial charge in [0.1, 0.15) is 13.1 Å². The zero-order valence-corrected chi connectivity index (χ0v) is 17.9. The molecule has 1 aliphatic heterocycles. The van der Waals surface area contributed by atoms with Gasteiger partial charge in [-0.3, -0.25) is 9.59 Å². The summed E-state index contributed by atoms with van der Waals surface area (Å²) in [4.78, 5) is 26.7. The highest BCUT2D eigenvalue weighted by Gasteiger charge is 2.15. The van der Waals surface area contributed by atoms with E-state index >= 15 is 0 Å².